The summed E-state index contributed by atoms with van der Waals surface area (Å²) in [5.74, 6) is -0.00972. The molecule has 100 valence electrons. The molecule has 0 aliphatic carbocycles. The van der Waals surface area contributed by atoms with Crippen LogP contribution in [-0.2, 0) is 11.2 Å². The van der Waals surface area contributed by atoms with Crippen LogP contribution in [0.15, 0.2) is 29.6 Å². The molecule has 0 bridgehead atoms. The van der Waals surface area contributed by atoms with Gasteiger partial charge in [0.2, 0.25) is 0 Å². The van der Waals surface area contributed by atoms with E-state index in [-0.39, 0.29) is 6.42 Å². The van der Waals surface area contributed by atoms with Gasteiger partial charge >= 0.3 is 5.97 Å². The average Bonchev–Trinajstić information content (AvgIpc) is 2.85. The highest BCUT2D eigenvalue weighted by Crippen LogP contribution is 2.23. The second kappa shape index (κ2) is 6.19. The zero-order valence-corrected chi connectivity index (χ0v) is 11.2. The van der Waals surface area contributed by atoms with E-state index >= 15 is 0 Å². The Morgan fingerprint density at radius 1 is 1.42 bits per heavy atom. The molecule has 1 aromatic carbocycles. The number of hydrogen-bond acceptors (Lipinski definition) is 5. The molecule has 0 atom stereocenters. The van der Waals surface area contributed by atoms with E-state index in [2.05, 4.69) is 10.3 Å². The maximum absolute atomic E-state index is 10.5. The number of anilines is 2. The van der Waals surface area contributed by atoms with E-state index in [1.54, 1.807) is 7.11 Å². The third-order valence-corrected chi connectivity index (χ3v) is 3.29. The molecule has 0 fully saturated rings. The molecule has 0 spiro atoms. The molecule has 0 amide bonds. The Bertz CT molecular complexity index is 551. The maximum atomic E-state index is 10.5. The number of carbonyl (C=O) groups is 1. The summed E-state index contributed by atoms with van der Waals surface area (Å²) in [6.45, 7) is 0. The minimum Gasteiger partial charge on any atom is -0.497 e. The van der Waals surface area contributed by atoms with Crippen LogP contribution in [0.5, 0.6) is 5.75 Å². The van der Waals surface area contributed by atoms with Gasteiger partial charge in [0.25, 0.3) is 0 Å². The molecule has 0 unspecified atom stereocenters. The van der Waals surface area contributed by atoms with Crippen molar-refractivity contribution in [3.05, 3.63) is 35.3 Å². The lowest BCUT2D eigenvalue weighted by molar-refractivity contribution is -0.136. The van der Waals surface area contributed by atoms with Crippen LogP contribution in [-0.4, -0.2) is 23.2 Å². The topological polar surface area (TPSA) is 71.5 Å². The second-order valence-electron chi connectivity index (χ2n) is 3.89. The molecule has 0 saturated carbocycles. The molecule has 19 heavy (non-hydrogen) atoms. The minimum absolute atomic E-state index is 0.103. The van der Waals surface area contributed by atoms with Crippen molar-refractivity contribution in [3.8, 4) is 5.75 Å². The number of hydrogen-bond donors (Lipinski definition) is 2. The number of methoxy groups -OCH3 is 1. The molecule has 2 rings (SSSR count). The van der Waals surface area contributed by atoms with Gasteiger partial charge in [0.15, 0.2) is 5.13 Å². The second-order valence-corrected chi connectivity index (χ2v) is 4.75. The fourth-order valence-electron chi connectivity index (χ4n) is 1.51. The molecule has 0 radical (unpaired) electrons. The van der Waals surface area contributed by atoms with Gasteiger partial charge in [-0.15, -0.1) is 11.3 Å². The van der Waals surface area contributed by atoms with Gasteiger partial charge < -0.3 is 15.2 Å². The van der Waals surface area contributed by atoms with Crippen molar-refractivity contribution in [1.29, 1.82) is 0 Å². The normalized spacial score (nSPS) is 10.2. The third kappa shape index (κ3) is 3.96. The summed E-state index contributed by atoms with van der Waals surface area (Å²) < 4.78 is 5.08. The highest BCUT2D eigenvalue weighted by atomic mass is 32.1. The van der Waals surface area contributed by atoms with Gasteiger partial charge in [0, 0.05) is 17.5 Å². The molecule has 1 heterocycles. The highest BCUT2D eigenvalue weighted by molar-refractivity contribution is 7.13. The van der Waals surface area contributed by atoms with Crippen LogP contribution in [0.2, 0.25) is 0 Å². The summed E-state index contributed by atoms with van der Waals surface area (Å²) in [5.41, 5.74) is 1.71. The lowest BCUT2D eigenvalue weighted by Gasteiger charge is -2.03. The van der Waals surface area contributed by atoms with Crippen LogP contribution >= 0.6 is 11.3 Å². The van der Waals surface area contributed by atoms with Gasteiger partial charge in [-0.2, -0.15) is 0 Å². The summed E-state index contributed by atoms with van der Waals surface area (Å²) in [6.07, 6.45) is 0.557. The number of benzene rings is 1. The SMILES string of the molecule is COc1ccc(Nc2nc(CCC(=O)O)cs2)cc1. The first-order chi connectivity index (χ1) is 9.17. The Balaban J connectivity index is 1.96. The van der Waals surface area contributed by atoms with E-state index in [9.17, 15) is 4.79 Å². The first-order valence-corrected chi connectivity index (χ1v) is 6.62. The van der Waals surface area contributed by atoms with Crippen LogP contribution in [0.1, 0.15) is 12.1 Å². The largest absolute Gasteiger partial charge is 0.497 e. The molecule has 0 aliphatic rings. The number of carboxylic acids is 1. The number of carboxylic acid groups (broad SMARTS) is 1. The number of ether oxygens (including phenoxy) is 1. The Hall–Kier alpha value is -2.08. The third-order valence-electron chi connectivity index (χ3n) is 2.49. The lowest BCUT2D eigenvalue weighted by atomic mass is 10.2. The van der Waals surface area contributed by atoms with Crippen molar-refractivity contribution in [2.24, 2.45) is 0 Å². The molecule has 0 aliphatic heterocycles. The number of nitrogens with one attached hydrogen (secondary N) is 1. The molecular weight excluding hydrogens is 264 g/mol. The van der Waals surface area contributed by atoms with Gasteiger partial charge in [-0.3, -0.25) is 4.79 Å². The Kier molecular flexibility index (Phi) is 4.35. The molecular formula is C13H14N2O3S. The Labute approximate surface area is 114 Å². The lowest BCUT2D eigenvalue weighted by Crippen LogP contribution is -1.98. The fraction of sp³-hybridized carbons (Fsp3) is 0.231. The van der Waals surface area contributed by atoms with E-state index in [0.29, 0.717) is 6.42 Å². The highest BCUT2D eigenvalue weighted by Gasteiger charge is 2.05. The molecule has 5 nitrogen and oxygen atoms in total. The van der Waals surface area contributed by atoms with E-state index in [0.717, 1.165) is 22.3 Å². The number of nitrogens with zero attached hydrogens (tertiary/aromatic N) is 1. The van der Waals surface area contributed by atoms with E-state index in [1.807, 2.05) is 29.6 Å². The average molecular weight is 278 g/mol. The number of aliphatic carboxylic acids is 1. The van der Waals surface area contributed by atoms with Gasteiger partial charge in [-0.1, -0.05) is 0 Å². The predicted octanol–water partition coefficient (Wildman–Crippen LogP) is 2.91. The monoisotopic (exact) mass is 278 g/mol. The maximum Gasteiger partial charge on any atom is 0.303 e. The van der Waals surface area contributed by atoms with Crippen molar-refractivity contribution < 1.29 is 14.6 Å². The van der Waals surface area contributed by atoms with E-state index in [1.165, 1.54) is 11.3 Å². The van der Waals surface area contributed by atoms with Gasteiger partial charge in [0.1, 0.15) is 5.75 Å². The van der Waals surface area contributed by atoms with Crippen LogP contribution in [0.4, 0.5) is 10.8 Å². The Morgan fingerprint density at radius 3 is 2.79 bits per heavy atom. The fourth-order valence-corrected chi connectivity index (χ4v) is 2.28. The van der Waals surface area contributed by atoms with Crippen molar-refractivity contribution >= 4 is 28.1 Å². The first kappa shape index (κ1) is 13.4. The van der Waals surface area contributed by atoms with Gasteiger partial charge in [0.05, 0.1) is 19.2 Å². The number of thiazole rings is 1. The summed E-state index contributed by atoms with van der Waals surface area (Å²) in [7, 11) is 1.62. The first-order valence-electron chi connectivity index (χ1n) is 5.74. The molecule has 2 aromatic rings. The number of rotatable bonds is 6. The molecule has 2 N–H and O–H groups in total. The molecule has 1 aromatic heterocycles. The van der Waals surface area contributed by atoms with Gasteiger partial charge in [-0.05, 0) is 24.3 Å². The zero-order chi connectivity index (χ0) is 13.7. The summed E-state index contributed by atoms with van der Waals surface area (Å²) in [6, 6.07) is 7.52. The zero-order valence-electron chi connectivity index (χ0n) is 10.4. The van der Waals surface area contributed by atoms with E-state index < -0.39 is 5.97 Å². The van der Waals surface area contributed by atoms with Crippen molar-refractivity contribution in [3.63, 3.8) is 0 Å². The summed E-state index contributed by atoms with van der Waals surface area (Å²) >= 11 is 1.46. The standard InChI is InChI=1S/C13H14N2O3S/c1-18-11-5-2-9(3-6-11)14-13-15-10(8-19-13)4-7-12(16)17/h2-3,5-6,8H,4,7H2,1H3,(H,14,15)(H,16,17). The van der Waals surface area contributed by atoms with Crippen molar-refractivity contribution in [1.82, 2.24) is 4.98 Å². The number of aromatic nitrogens is 1. The van der Waals surface area contributed by atoms with Crippen molar-refractivity contribution in [2.45, 2.75) is 12.8 Å². The molecule has 6 heteroatoms. The summed E-state index contributed by atoms with van der Waals surface area (Å²) in [4.78, 5) is 14.8. The van der Waals surface area contributed by atoms with Crippen molar-refractivity contribution in [2.75, 3.05) is 12.4 Å². The van der Waals surface area contributed by atoms with Crippen LogP contribution < -0.4 is 10.1 Å². The summed E-state index contributed by atoms with van der Waals surface area (Å²) in [5, 5.41) is 14.4. The van der Waals surface area contributed by atoms with Crippen LogP contribution in [0, 0.1) is 0 Å². The Morgan fingerprint density at radius 2 is 2.16 bits per heavy atom. The smallest absolute Gasteiger partial charge is 0.303 e. The minimum atomic E-state index is -0.808. The van der Waals surface area contributed by atoms with Gasteiger partial charge in [-0.25, -0.2) is 4.98 Å². The predicted molar refractivity (Wildman–Crippen MR) is 74.3 cm³/mol. The van der Waals surface area contributed by atoms with Crippen LogP contribution in [0.3, 0.4) is 0 Å². The number of aryl methyl sites for hydroxylation is 1. The van der Waals surface area contributed by atoms with Crippen LogP contribution in [0.25, 0.3) is 0 Å². The van der Waals surface area contributed by atoms with E-state index in [4.69, 9.17) is 9.84 Å². The quantitative estimate of drug-likeness (QED) is 0.850. The molecule has 0 saturated heterocycles.